The number of benzene rings is 1. The Morgan fingerprint density at radius 1 is 1.16 bits per heavy atom. The van der Waals surface area contributed by atoms with Crippen molar-refractivity contribution in [1.29, 1.82) is 0 Å². The summed E-state index contributed by atoms with van der Waals surface area (Å²) in [5, 5.41) is 12.6. The number of aromatic hydroxyl groups is 1. The number of ether oxygens (including phenoxy) is 4. The number of hydrogen-bond acceptors (Lipinski definition) is 10. The van der Waals surface area contributed by atoms with Gasteiger partial charge in [-0.2, -0.15) is 0 Å². The van der Waals surface area contributed by atoms with E-state index in [1.807, 2.05) is 30.3 Å². The second kappa shape index (κ2) is 14.2. The quantitative estimate of drug-likeness (QED) is 0.354. The van der Waals surface area contributed by atoms with Crippen LogP contribution in [0.5, 0.6) is 11.5 Å². The summed E-state index contributed by atoms with van der Waals surface area (Å²) in [5.41, 5.74) is 0.398. The Morgan fingerprint density at radius 3 is 2.47 bits per heavy atom. The standard InChI is InChI=1S/C26H30N2O9.Y/c1-14(2)24(31)37-22-15(3)36-26(33)18(28-23(30)20-21(29)19(34-4)10-11-27-20)13-35-25(32)17(22)12-16-8-6-5-7-9-16;/h5-11,14-15,17-18,22,29H,12-13H2,1-4H3,(H,28,30);. The summed E-state index contributed by atoms with van der Waals surface area (Å²) >= 11 is 0. The van der Waals surface area contributed by atoms with Gasteiger partial charge < -0.3 is 29.4 Å². The van der Waals surface area contributed by atoms with Crippen molar-refractivity contribution >= 4 is 23.8 Å². The van der Waals surface area contributed by atoms with Gasteiger partial charge in [0.05, 0.1) is 13.0 Å². The molecule has 1 saturated heterocycles. The molecule has 0 bridgehead atoms. The first-order valence-corrected chi connectivity index (χ1v) is 11.8. The first-order valence-electron chi connectivity index (χ1n) is 11.8. The molecule has 2 aromatic rings. The van der Waals surface area contributed by atoms with E-state index in [1.165, 1.54) is 26.3 Å². The Bertz CT molecular complexity index is 1140. The smallest absolute Gasteiger partial charge is 0.332 e. The van der Waals surface area contributed by atoms with Crippen LogP contribution in [0.15, 0.2) is 42.6 Å². The molecule has 11 nitrogen and oxygen atoms in total. The van der Waals surface area contributed by atoms with Crippen LogP contribution in [0.3, 0.4) is 0 Å². The summed E-state index contributed by atoms with van der Waals surface area (Å²) in [5.74, 6) is -5.10. The van der Waals surface area contributed by atoms with E-state index in [0.717, 1.165) is 5.56 Å². The molecule has 38 heavy (non-hydrogen) atoms. The first kappa shape index (κ1) is 31.2. The van der Waals surface area contributed by atoms with Crippen LogP contribution in [0.2, 0.25) is 0 Å². The molecular weight excluding hydrogens is 573 g/mol. The molecule has 3 rings (SSSR count). The van der Waals surface area contributed by atoms with Crippen LogP contribution in [0.1, 0.15) is 36.8 Å². The van der Waals surface area contributed by atoms with Gasteiger partial charge >= 0.3 is 17.9 Å². The average molecular weight is 603 g/mol. The number of hydrogen-bond donors (Lipinski definition) is 2. The van der Waals surface area contributed by atoms with Crippen molar-refractivity contribution < 1.29 is 75.9 Å². The number of carbonyl (C=O) groups excluding carboxylic acids is 4. The molecule has 1 aromatic heterocycles. The minimum atomic E-state index is -1.41. The number of carbonyl (C=O) groups is 4. The maximum absolute atomic E-state index is 13.2. The molecule has 2 heterocycles. The number of esters is 3. The van der Waals surface area contributed by atoms with Gasteiger partial charge in [-0.1, -0.05) is 44.2 Å². The maximum Gasteiger partial charge on any atom is 0.332 e. The third-order valence-electron chi connectivity index (χ3n) is 5.79. The van der Waals surface area contributed by atoms with Gasteiger partial charge in [0.1, 0.15) is 18.6 Å². The third-order valence-corrected chi connectivity index (χ3v) is 5.79. The van der Waals surface area contributed by atoms with Gasteiger partial charge in [0.25, 0.3) is 5.91 Å². The maximum atomic E-state index is 13.2. The van der Waals surface area contributed by atoms with Crippen molar-refractivity contribution in [3.63, 3.8) is 0 Å². The van der Waals surface area contributed by atoms with E-state index < -0.39 is 72.0 Å². The molecule has 1 aliphatic rings. The molecule has 4 atom stereocenters. The number of nitrogens with one attached hydrogen (secondary N) is 1. The number of pyridine rings is 1. The van der Waals surface area contributed by atoms with E-state index in [1.54, 1.807) is 13.8 Å². The summed E-state index contributed by atoms with van der Waals surface area (Å²) in [4.78, 5) is 55.3. The summed E-state index contributed by atoms with van der Waals surface area (Å²) in [6.07, 6.45) is -0.766. The number of nitrogens with zero attached hydrogens (tertiary/aromatic N) is 1. The molecule has 1 amide bonds. The zero-order valence-electron chi connectivity index (χ0n) is 21.6. The van der Waals surface area contributed by atoms with Crippen LogP contribution in [-0.2, 0) is 67.7 Å². The van der Waals surface area contributed by atoms with Gasteiger partial charge in [-0.25, -0.2) is 9.78 Å². The molecule has 2 N–H and O–H groups in total. The zero-order valence-corrected chi connectivity index (χ0v) is 24.4. The van der Waals surface area contributed by atoms with Crippen molar-refractivity contribution in [2.45, 2.75) is 45.4 Å². The van der Waals surface area contributed by atoms with Crippen LogP contribution in [0.25, 0.3) is 0 Å². The Balaban J connectivity index is 0.00000507. The van der Waals surface area contributed by atoms with Crippen LogP contribution < -0.4 is 10.1 Å². The minimum Gasteiger partial charge on any atom is -0.503 e. The van der Waals surface area contributed by atoms with E-state index in [4.69, 9.17) is 18.9 Å². The van der Waals surface area contributed by atoms with Gasteiger partial charge in [0, 0.05) is 45.0 Å². The fraction of sp³-hybridized carbons (Fsp3) is 0.423. The molecule has 0 aliphatic carbocycles. The van der Waals surface area contributed by atoms with E-state index in [0.29, 0.717) is 0 Å². The fourth-order valence-electron chi connectivity index (χ4n) is 3.74. The molecule has 12 heteroatoms. The summed E-state index contributed by atoms with van der Waals surface area (Å²) in [6, 6.07) is 9.01. The van der Waals surface area contributed by atoms with Crippen molar-refractivity contribution in [3.8, 4) is 11.5 Å². The second-order valence-electron chi connectivity index (χ2n) is 8.86. The van der Waals surface area contributed by atoms with Crippen LogP contribution in [0, 0.1) is 11.8 Å². The zero-order chi connectivity index (χ0) is 27.1. The van der Waals surface area contributed by atoms with E-state index in [2.05, 4.69) is 10.3 Å². The largest absolute Gasteiger partial charge is 0.503 e. The summed E-state index contributed by atoms with van der Waals surface area (Å²) in [7, 11) is 1.31. The number of aromatic nitrogens is 1. The molecule has 1 aromatic carbocycles. The minimum absolute atomic E-state index is 0. The normalized spacial score (nSPS) is 21.5. The number of amides is 1. The molecular formula is C26H30N2O9Y. The molecule has 0 saturated carbocycles. The molecule has 201 valence electrons. The summed E-state index contributed by atoms with van der Waals surface area (Å²) < 4.78 is 21.5. The SMILES string of the molecule is COc1ccnc(C(=O)NC2COC(=O)C(Cc3ccccc3)C(OC(=O)C(C)C)C(C)OC2=O)c1O.[Y]. The number of methoxy groups -OCH3 is 1. The predicted octanol–water partition coefficient (Wildman–Crippen LogP) is 1.81. The number of cyclic esters (lactones) is 2. The van der Waals surface area contributed by atoms with Crippen molar-refractivity contribution in [3.05, 3.63) is 53.9 Å². The van der Waals surface area contributed by atoms with Crippen molar-refractivity contribution in [2.75, 3.05) is 13.7 Å². The van der Waals surface area contributed by atoms with Crippen LogP contribution in [-0.4, -0.2) is 65.9 Å². The number of rotatable bonds is 7. The molecule has 1 fully saturated rings. The molecule has 0 spiro atoms. The fourth-order valence-corrected chi connectivity index (χ4v) is 3.74. The van der Waals surface area contributed by atoms with E-state index in [9.17, 15) is 24.3 Å². The van der Waals surface area contributed by atoms with E-state index in [-0.39, 0.29) is 44.9 Å². The topological polar surface area (TPSA) is 150 Å². The second-order valence-corrected chi connectivity index (χ2v) is 8.86. The van der Waals surface area contributed by atoms with Crippen LogP contribution >= 0.6 is 0 Å². The Morgan fingerprint density at radius 2 is 1.84 bits per heavy atom. The first-order chi connectivity index (χ1) is 17.6. The van der Waals surface area contributed by atoms with Crippen molar-refractivity contribution in [2.24, 2.45) is 11.8 Å². The van der Waals surface area contributed by atoms with Gasteiger partial charge in [-0.15, -0.1) is 0 Å². The molecule has 1 radical (unpaired) electrons. The van der Waals surface area contributed by atoms with Gasteiger partial charge in [-0.3, -0.25) is 14.4 Å². The van der Waals surface area contributed by atoms with Gasteiger partial charge in [0.2, 0.25) is 0 Å². The Hall–Kier alpha value is -3.05. The Kier molecular flexibility index (Phi) is 11.7. The van der Waals surface area contributed by atoms with Gasteiger partial charge in [-0.05, 0) is 18.9 Å². The molecule has 1 aliphatic heterocycles. The van der Waals surface area contributed by atoms with Gasteiger partial charge in [0.15, 0.2) is 29.3 Å². The average Bonchev–Trinajstić information content (AvgIpc) is 2.91. The van der Waals surface area contributed by atoms with Crippen molar-refractivity contribution in [1.82, 2.24) is 10.3 Å². The monoisotopic (exact) mass is 603 g/mol. The Labute approximate surface area is 245 Å². The third kappa shape index (κ3) is 7.74. The van der Waals surface area contributed by atoms with E-state index >= 15 is 0 Å². The summed E-state index contributed by atoms with van der Waals surface area (Å²) in [6.45, 7) is 4.25. The predicted molar refractivity (Wildman–Crippen MR) is 129 cm³/mol. The molecule has 4 unspecified atom stereocenters. The van der Waals surface area contributed by atoms with Crippen LogP contribution in [0.4, 0.5) is 0 Å².